The molecule has 6 nitrogen and oxygen atoms in total. The summed E-state index contributed by atoms with van der Waals surface area (Å²) in [6.07, 6.45) is 60.9. The third-order valence-corrected chi connectivity index (χ3v) is 9.00. The van der Waals surface area contributed by atoms with Crippen LogP contribution in [-0.4, -0.2) is 37.2 Å². The molecule has 0 radical (unpaired) electrons. The summed E-state index contributed by atoms with van der Waals surface area (Å²) in [5.74, 6) is -1.02. The molecule has 6 heteroatoms. The second-order valence-electron chi connectivity index (χ2n) is 14.5. The lowest BCUT2D eigenvalue weighted by atomic mass is 10.1. The fraction of sp³-hybridized carbons (Fsp3) is 0.596. The van der Waals surface area contributed by atoms with Gasteiger partial charge in [-0.05, 0) is 116 Å². The van der Waals surface area contributed by atoms with Crippen molar-refractivity contribution in [3.63, 3.8) is 0 Å². The summed E-state index contributed by atoms with van der Waals surface area (Å²) in [4.78, 5) is 37.7. The van der Waals surface area contributed by atoms with E-state index in [1.807, 2.05) is 0 Å². The maximum Gasteiger partial charge on any atom is 0.306 e. The highest BCUT2D eigenvalue weighted by atomic mass is 16.6. The standard InChI is InChI=1S/C52H82O6/c1-4-7-10-13-16-19-21-23-24-25-26-27-28-29-31-33-36-39-42-45-51(54)57-48-49(47-56-50(53)44-41-38-35-32-18-15-12-9-6-3)58-52(55)46-43-40-37-34-30-22-20-17-14-11-8-5-2/h7-12,16-20,23-24,26-27,30,32,34,49H,4-6,13-15,21-22,25,28-29,31,33,35-48H2,1-3H3/b10-7-,11-8-,12-9-,19-16-,20-17-,24-23-,27-26-,32-18-,34-30-. The Bertz CT molecular complexity index is 1240. The number of unbranched alkanes of at least 4 members (excludes halogenated alkanes) is 10. The van der Waals surface area contributed by atoms with Gasteiger partial charge >= 0.3 is 17.9 Å². The first-order valence-electron chi connectivity index (χ1n) is 22.9. The largest absolute Gasteiger partial charge is 0.462 e. The van der Waals surface area contributed by atoms with Crippen LogP contribution in [0.25, 0.3) is 0 Å². The number of hydrogen-bond acceptors (Lipinski definition) is 6. The van der Waals surface area contributed by atoms with E-state index in [4.69, 9.17) is 14.2 Å². The predicted octanol–water partition coefficient (Wildman–Crippen LogP) is 14.8. The van der Waals surface area contributed by atoms with Crippen LogP contribution in [0.5, 0.6) is 0 Å². The quantitative estimate of drug-likeness (QED) is 0.0267. The van der Waals surface area contributed by atoms with Gasteiger partial charge in [-0.25, -0.2) is 0 Å². The van der Waals surface area contributed by atoms with Gasteiger partial charge < -0.3 is 14.2 Å². The molecule has 1 unspecified atom stereocenters. The van der Waals surface area contributed by atoms with E-state index in [9.17, 15) is 14.4 Å². The Kier molecular flexibility index (Phi) is 42.7. The lowest BCUT2D eigenvalue weighted by molar-refractivity contribution is -0.167. The Balaban J connectivity index is 4.43. The van der Waals surface area contributed by atoms with Gasteiger partial charge in [-0.1, -0.05) is 156 Å². The summed E-state index contributed by atoms with van der Waals surface area (Å²) in [5.41, 5.74) is 0. The minimum absolute atomic E-state index is 0.114. The molecule has 0 aliphatic rings. The van der Waals surface area contributed by atoms with E-state index < -0.39 is 6.10 Å². The molecule has 0 aromatic rings. The van der Waals surface area contributed by atoms with Crippen LogP contribution in [0, 0.1) is 0 Å². The summed E-state index contributed by atoms with van der Waals surface area (Å²) < 4.78 is 16.6. The summed E-state index contributed by atoms with van der Waals surface area (Å²) >= 11 is 0. The van der Waals surface area contributed by atoms with Crippen LogP contribution in [-0.2, 0) is 28.6 Å². The van der Waals surface area contributed by atoms with E-state index in [0.717, 1.165) is 122 Å². The fourth-order valence-corrected chi connectivity index (χ4v) is 5.66. The molecule has 1 atom stereocenters. The van der Waals surface area contributed by atoms with E-state index >= 15 is 0 Å². The molecule has 0 aliphatic carbocycles. The second-order valence-corrected chi connectivity index (χ2v) is 14.5. The van der Waals surface area contributed by atoms with Crippen molar-refractivity contribution >= 4 is 17.9 Å². The van der Waals surface area contributed by atoms with E-state index in [0.29, 0.717) is 19.3 Å². The van der Waals surface area contributed by atoms with Crippen LogP contribution in [0.4, 0.5) is 0 Å². The Morgan fingerprint density at radius 3 is 1.00 bits per heavy atom. The van der Waals surface area contributed by atoms with Crippen molar-refractivity contribution < 1.29 is 28.6 Å². The maximum absolute atomic E-state index is 12.7. The summed E-state index contributed by atoms with van der Waals surface area (Å²) in [6, 6.07) is 0. The van der Waals surface area contributed by atoms with Crippen molar-refractivity contribution in [1.29, 1.82) is 0 Å². The highest BCUT2D eigenvalue weighted by Crippen LogP contribution is 2.12. The molecule has 0 N–H and O–H groups in total. The highest BCUT2D eigenvalue weighted by molar-refractivity contribution is 5.71. The van der Waals surface area contributed by atoms with Crippen LogP contribution >= 0.6 is 0 Å². The number of carbonyl (C=O) groups excluding carboxylic acids is 3. The molecule has 0 amide bonds. The van der Waals surface area contributed by atoms with E-state index in [1.54, 1.807) is 0 Å². The number of esters is 3. The topological polar surface area (TPSA) is 78.9 Å². The highest BCUT2D eigenvalue weighted by Gasteiger charge is 2.19. The maximum atomic E-state index is 12.7. The van der Waals surface area contributed by atoms with Crippen LogP contribution in [0.1, 0.15) is 181 Å². The van der Waals surface area contributed by atoms with Gasteiger partial charge in [0.2, 0.25) is 0 Å². The predicted molar refractivity (Wildman–Crippen MR) is 247 cm³/mol. The molecule has 0 fully saturated rings. The zero-order valence-electron chi connectivity index (χ0n) is 37.0. The van der Waals surface area contributed by atoms with Gasteiger partial charge in [0.25, 0.3) is 0 Å². The molecule has 0 aromatic carbocycles. The van der Waals surface area contributed by atoms with Crippen molar-refractivity contribution in [2.45, 2.75) is 187 Å². The van der Waals surface area contributed by atoms with Gasteiger partial charge in [0.05, 0.1) is 0 Å². The van der Waals surface area contributed by atoms with E-state index in [2.05, 4.69) is 130 Å². The summed E-state index contributed by atoms with van der Waals surface area (Å²) in [7, 11) is 0. The average molecular weight is 803 g/mol. The molecule has 326 valence electrons. The molecule has 0 bridgehead atoms. The number of allylic oxidation sites excluding steroid dienone is 18. The van der Waals surface area contributed by atoms with Gasteiger partial charge in [0.15, 0.2) is 6.10 Å². The monoisotopic (exact) mass is 803 g/mol. The fourth-order valence-electron chi connectivity index (χ4n) is 5.66. The molecule has 0 saturated heterocycles. The number of ether oxygens (including phenoxy) is 3. The molecule has 0 saturated carbocycles. The summed E-state index contributed by atoms with van der Waals surface area (Å²) in [5, 5.41) is 0. The SMILES string of the molecule is CC/C=C\C/C=C\C/C=C\C/C=C\CCCCCCCCC(=O)OCC(COC(=O)CCCC/C=C\C/C=C\CC)OC(=O)CCCC/C=C\C/C=C\C/C=C\CC. The number of rotatable bonds is 39. The first-order valence-corrected chi connectivity index (χ1v) is 22.9. The Morgan fingerprint density at radius 2 is 0.621 bits per heavy atom. The van der Waals surface area contributed by atoms with Crippen molar-refractivity contribution in [3.05, 3.63) is 109 Å². The van der Waals surface area contributed by atoms with E-state index in [1.165, 1.54) is 12.8 Å². The van der Waals surface area contributed by atoms with Crippen LogP contribution in [0.3, 0.4) is 0 Å². The molecule has 0 rings (SSSR count). The Morgan fingerprint density at radius 1 is 0.345 bits per heavy atom. The molecular weight excluding hydrogens is 721 g/mol. The molecule has 0 spiro atoms. The van der Waals surface area contributed by atoms with Crippen LogP contribution in [0.2, 0.25) is 0 Å². The third kappa shape index (κ3) is 43.2. The van der Waals surface area contributed by atoms with Crippen molar-refractivity contribution in [1.82, 2.24) is 0 Å². The lowest BCUT2D eigenvalue weighted by Gasteiger charge is -2.18. The van der Waals surface area contributed by atoms with E-state index in [-0.39, 0.29) is 37.5 Å². The zero-order valence-corrected chi connectivity index (χ0v) is 37.0. The van der Waals surface area contributed by atoms with Crippen molar-refractivity contribution in [2.75, 3.05) is 13.2 Å². The molecule has 0 aromatic heterocycles. The normalized spacial score (nSPS) is 13.1. The first kappa shape index (κ1) is 54.1. The van der Waals surface area contributed by atoms with Crippen molar-refractivity contribution in [2.24, 2.45) is 0 Å². The molecular formula is C52H82O6. The third-order valence-electron chi connectivity index (χ3n) is 9.00. The van der Waals surface area contributed by atoms with Gasteiger partial charge in [-0.2, -0.15) is 0 Å². The van der Waals surface area contributed by atoms with Gasteiger partial charge in [-0.3, -0.25) is 14.4 Å². The average Bonchev–Trinajstić information content (AvgIpc) is 3.22. The summed E-state index contributed by atoms with van der Waals surface area (Å²) in [6.45, 7) is 6.17. The van der Waals surface area contributed by atoms with Gasteiger partial charge in [-0.15, -0.1) is 0 Å². The molecule has 0 aliphatic heterocycles. The number of hydrogen-bond donors (Lipinski definition) is 0. The minimum atomic E-state index is -0.816. The Labute approximate surface area is 355 Å². The van der Waals surface area contributed by atoms with Gasteiger partial charge in [0, 0.05) is 19.3 Å². The number of carbonyl (C=O) groups is 3. The first-order chi connectivity index (χ1) is 28.5. The second kappa shape index (κ2) is 45.8. The molecule has 0 heterocycles. The Hall–Kier alpha value is -3.93. The van der Waals surface area contributed by atoms with Crippen LogP contribution in [0.15, 0.2) is 109 Å². The lowest BCUT2D eigenvalue weighted by Crippen LogP contribution is -2.30. The van der Waals surface area contributed by atoms with Gasteiger partial charge in [0.1, 0.15) is 13.2 Å². The smallest absolute Gasteiger partial charge is 0.306 e. The van der Waals surface area contributed by atoms with Crippen molar-refractivity contribution in [3.8, 4) is 0 Å². The molecule has 58 heavy (non-hydrogen) atoms. The minimum Gasteiger partial charge on any atom is -0.462 e. The van der Waals surface area contributed by atoms with Crippen LogP contribution < -0.4 is 0 Å². The zero-order chi connectivity index (χ0) is 42.3.